The molecule has 3 rings (SSSR count). The van der Waals surface area contributed by atoms with Crippen LogP contribution in [0.15, 0.2) is 35.5 Å². The lowest BCUT2D eigenvalue weighted by atomic mass is 9.79. The van der Waals surface area contributed by atoms with Crippen molar-refractivity contribution in [2.45, 2.75) is 175 Å². The highest BCUT2D eigenvalue weighted by Crippen LogP contribution is 2.35. The van der Waals surface area contributed by atoms with Crippen molar-refractivity contribution in [2.75, 3.05) is 0 Å². The average molecular weight is 750 g/mol. The van der Waals surface area contributed by atoms with Crippen LogP contribution >= 0.6 is 0 Å². The van der Waals surface area contributed by atoms with Gasteiger partial charge in [0, 0.05) is 25.2 Å². The van der Waals surface area contributed by atoms with E-state index in [0.717, 1.165) is 17.6 Å². The molecule has 0 spiro atoms. The Labute approximate surface area is 316 Å². The minimum absolute atomic E-state index is 0.00488. The lowest BCUT2D eigenvalue weighted by molar-refractivity contribution is -0.254. The van der Waals surface area contributed by atoms with E-state index in [4.69, 9.17) is 29.4 Å². The van der Waals surface area contributed by atoms with Crippen LogP contribution in [0.3, 0.4) is 0 Å². The number of fused-ring (bicyclic) bond motifs is 2. The van der Waals surface area contributed by atoms with Gasteiger partial charge in [-0.25, -0.2) is 4.79 Å². The minimum Gasteiger partial charge on any atom is -0.462 e. The molecule has 2 bridgehead atoms. The van der Waals surface area contributed by atoms with Gasteiger partial charge in [-0.1, -0.05) is 65.8 Å². The molecular formula is C41H67NO11. The fourth-order valence-electron chi connectivity index (χ4n) is 8.07. The summed E-state index contributed by atoms with van der Waals surface area (Å²) in [6, 6.07) is 0. The Morgan fingerprint density at radius 3 is 2.42 bits per heavy atom. The number of aliphatic hydroxyl groups is 3. The van der Waals surface area contributed by atoms with Gasteiger partial charge in [-0.05, 0) is 87.7 Å². The van der Waals surface area contributed by atoms with E-state index in [-0.39, 0.29) is 54.8 Å². The van der Waals surface area contributed by atoms with Crippen molar-refractivity contribution in [1.82, 2.24) is 0 Å². The van der Waals surface area contributed by atoms with Gasteiger partial charge in [0.1, 0.15) is 30.2 Å². The molecule has 0 radical (unpaired) electrons. The van der Waals surface area contributed by atoms with Crippen molar-refractivity contribution in [2.24, 2.45) is 35.3 Å². The van der Waals surface area contributed by atoms with Gasteiger partial charge < -0.3 is 44.7 Å². The lowest BCUT2D eigenvalue weighted by Gasteiger charge is -2.38. The van der Waals surface area contributed by atoms with E-state index in [9.17, 15) is 29.7 Å². The van der Waals surface area contributed by atoms with E-state index in [1.807, 2.05) is 46.8 Å². The van der Waals surface area contributed by atoms with Gasteiger partial charge in [-0.3, -0.25) is 9.59 Å². The van der Waals surface area contributed by atoms with Crippen LogP contribution < -0.4 is 5.73 Å². The van der Waals surface area contributed by atoms with Gasteiger partial charge in [0.2, 0.25) is 0 Å². The Morgan fingerprint density at radius 2 is 1.75 bits per heavy atom. The number of allylic oxidation sites excluding steroid dienone is 2. The number of carbonyl (C=O) groups excluding carboxylic acids is 3. The molecule has 0 aromatic carbocycles. The maximum Gasteiger partial charge on any atom is 0.404 e. The van der Waals surface area contributed by atoms with Gasteiger partial charge in [0.05, 0.1) is 24.7 Å². The average Bonchev–Trinajstić information content (AvgIpc) is 3.09. The lowest BCUT2D eigenvalue weighted by Crippen LogP contribution is -2.50. The van der Waals surface area contributed by atoms with E-state index in [2.05, 4.69) is 19.1 Å². The Kier molecular flexibility index (Phi) is 17.2. The van der Waals surface area contributed by atoms with Gasteiger partial charge in [-0.2, -0.15) is 0 Å². The number of cyclic esters (lactones) is 1. The highest BCUT2D eigenvalue weighted by atomic mass is 16.7. The maximum absolute atomic E-state index is 13.6. The van der Waals surface area contributed by atoms with Crippen LogP contribution in [0.1, 0.15) is 120 Å². The second-order valence-electron chi connectivity index (χ2n) is 16.1. The van der Waals surface area contributed by atoms with Crippen molar-refractivity contribution < 1.29 is 53.4 Å². The monoisotopic (exact) mass is 749 g/mol. The van der Waals surface area contributed by atoms with Gasteiger partial charge in [-0.15, -0.1) is 0 Å². The number of primary amides is 1. The predicted octanol–water partition coefficient (Wildman–Crippen LogP) is 6.04. The summed E-state index contributed by atoms with van der Waals surface area (Å²) in [6.07, 6.45) is 5.26. The van der Waals surface area contributed by atoms with Gasteiger partial charge in [0.15, 0.2) is 12.1 Å². The van der Waals surface area contributed by atoms with Crippen LogP contribution in [-0.4, -0.2) is 88.0 Å². The Hall–Kier alpha value is -2.61. The molecule has 0 aliphatic carbocycles. The number of hydrogen-bond acceptors (Lipinski definition) is 11. The summed E-state index contributed by atoms with van der Waals surface area (Å²) in [7, 11) is 0. The molecule has 1 amide bonds. The molecule has 1 fully saturated rings. The van der Waals surface area contributed by atoms with Crippen molar-refractivity contribution in [3.05, 3.63) is 35.5 Å². The quantitative estimate of drug-likeness (QED) is 0.151. The summed E-state index contributed by atoms with van der Waals surface area (Å²) in [6.45, 7) is 17.2. The molecule has 12 nitrogen and oxygen atoms in total. The van der Waals surface area contributed by atoms with Crippen LogP contribution in [0.2, 0.25) is 0 Å². The number of nitrogens with two attached hydrogens (primary N) is 1. The third kappa shape index (κ3) is 13.3. The topological polar surface area (TPSA) is 184 Å². The number of amides is 1. The normalized spacial score (nSPS) is 37.6. The number of ether oxygens (including phenoxy) is 5. The van der Waals surface area contributed by atoms with E-state index in [0.29, 0.717) is 32.1 Å². The maximum atomic E-state index is 13.6. The summed E-state index contributed by atoms with van der Waals surface area (Å²) in [5.74, 6) is -3.23. The first kappa shape index (κ1) is 44.8. The molecule has 0 saturated carbocycles. The van der Waals surface area contributed by atoms with Crippen molar-refractivity contribution in [3.8, 4) is 0 Å². The summed E-state index contributed by atoms with van der Waals surface area (Å²) in [4.78, 5) is 37.5. The van der Waals surface area contributed by atoms with Crippen molar-refractivity contribution >= 4 is 17.8 Å². The number of ketones is 1. The summed E-state index contributed by atoms with van der Waals surface area (Å²) >= 11 is 0. The Balaban J connectivity index is 1.90. The number of aliphatic hydroxyl groups excluding tert-OH is 2. The second-order valence-corrected chi connectivity index (χ2v) is 16.1. The third-order valence-electron chi connectivity index (χ3n) is 11.2. The van der Waals surface area contributed by atoms with Crippen LogP contribution in [0.25, 0.3) is 0 Å². The molecule has 3 aliphatic rings. The standard InChI is InChI=1S/C41H67NO11/c1-10-32(43)29(8)36(45)26(5)20-28(7)38-27(6)19-23(2)15-16-31(50-35-21-33(51-40(42)47)37(46)30(9)49-35)14-12-11-13-24(3)39-25(4)17-18-41(48,53-39)22-34(44)52-38/h13,15-17,23,26-31,33,35-39,45-46,48H,10-12,14,18-22H2,1-9H3,(H2,42,47)/b16-15+,24-13+/t23-,26+,27+,28+,29+,30?,31-,33-,35-,36-,37+,38?,39+,41+/m0/s1. The molecule has 0 aromatic heterocycles. The molecule has 5 N–H and O–H groups in total. The third-order valence-corrected chi connectivity index (χ3v) is 11.2. The summed E-state index contributed by atoms with van der Waals surface area (Å²) < 4.78 is 30.0. The fraction of sp³-hybridized carbons (Fsp3) is 0.780. The molecule has 3 heterocycles. The van der Waals surface area contributed by atoms with E-state index in [1.54, 1.807) is 20.8 Å². The SMILES string of the molecule is CCC(=O)[C@@H](C)[C@@H](O)[C@H](C)C[C@@H](C)C1OC(=O)C[C@@]2(O)CC=C(C)[C@H](O2)/C(C)=C/CCC[C@H](O[C@H]2C[C@H](OC(N)=O)[C@H](O)C(C)O2)/C=C/[C@H](C)C[C@H]1C. The van der Waals surface area contributed by atoms with Crippen LogP contribution in [0, 0.1) is 29.6 Å². The largest absolute Gasteiger partial charge is 0.462 e. The summed E-state index contributed by atoms with van der Waals surface area (Å²) in [5.41, 5.74) is 7.13. The first-order chi connectivity index (χ1) is 24.8. The molecule has 0 aromatic rings. The predicted molar refractivity (Wildman–Crippen MR) is 200 cm³/mol. The zero-order chi connectivity index (χ0) is 39.6. The van der Waals surface area contributed by atoms with Gasteiger partial charge >= 0.3 is 12.1 Å². The molecule has 3 aliphatic heterocycles. The van der Waals surface area contributed by atoms with E-state index in [1.165, 1.54) is 0 Å². The Morgan fingerprint density at radius 1 is 1.08 bits per heavy atom. The zero-order valence-corrected chi connectivity index (χ0v) is 33.4. The minimum atomic E-state index is -1.73. The zero-order valence-electron chi connectivity index (χ0n) is 33.4. The van der Waals surface area contributed by atoms with Crippen LogP contribution in [0.4, 0.5) is 4.79 Å². The molecule has 1 saturated heterocycles. The number of esters is 1. The Bertz CT molecular complexity index is 1310. The van der Waals surface area contributed by atoms with Crippen molar-refractivity contribution in [3.63, 3.8) is 0 Å². The molecular weight excluding hydrogens is 682 g/mol. The highest BCUT2D eigenvalue weighted by Gasteiger charge is 2.41. The molecule has 53 heavy (non-hydrogen) atoms. The summed E-state index contributed by atoms with van der Waals surface area (Å²) in [5, 5.41) is 33.1. The number of rotatable bonds is 10. The molecule has 302 valence electrons. The molecule has 14 atom stereocenters. The van der Waals surface area contributed by atoms with E-state index >= 15 is 0 Å². The number of hydrogen-bond donors (Lipinski definition) is 4. The first-order valence-corrected chi connectivity index (χ1v) is 19.6. The fourth-order valence-corrected chi connectivity index (χ4v) is 8.07. The van der Waals surface area contributed by atoms with Crippen molar-refractivity contribution in [1.29, 1.82) is 0 Å². The first-order valence-electron chi connectivity index (χ1n) is 19.6. The highest BCUT2D eigenvalue weighted by molar-refractivity contribution is 5.80. The van der Waals surface area contributed by atoms with Gasteiger partial charge in [0.25, 0.3) is 0 Å². The smallest absolute Gasteiger partial charge is 0.404 e. The van der Waals surface area contributed by atoms with Crippen LogP contribution in [-0.2, 0) is 33.3 Å². The second kappa shape index (κ2) is 20.3. The molecule has 12 heteroatoms. The molecule has 2 unspecified atom stereocenters. The van der Waals surface area contributed by atoms with Crippen LogP contribution in [0.5, 0.6) is 0 Å². The van der Waals surface area contributed by atoms with E-state index < -0.39 is 66.7 Å². The number of Topliss-reactive ketones (excluding diaryl/α,β-unsaturated/α-hetero) is 1. The number of carbonyl (C=O) groups is 3.